The number of rotatable bonds is 5. The highest BCUT2D eigenvalue weighted by Gasteiger charge is 2.28. The van der Waals surface area contributed by atoms with E-state index in [2.05, 4.69) is 15.3 Å². The number of carbonyl (C=O) groups excluding carboxylic acids is 1. The van der Waals surface area contributed by atoms with Crippen LogP contribution in [0.1, 0.15) is 27.3 Å². The van der Waals surface area contributed by atoms with Crippen LogP contribution in [-0.4, -0.2) is 28.7 Å². The summed E-state index contributed by atoms with van der Waals surface area (Å²) in [6, 6.07) is 4.71. The zero-order valence-electron chi connectivity index (χ0n) is 13.1. The Morgan fingerprint density at radius 1 is 1.25 bits per heavy atom. The van der Waals surface area contributed by atoms with Gasteiger partial charge in [0, 0.05) is 12.7 Å². The van der Waals surface area contributed by atoms with Gasteiger partial charge < -0.3 is 10.1 Å². The summed E-state index contributed by atoms with van der Waals surface area (Å²) in [5, 5.41) is 2.68. The minimum Gasteiger partial charge on any atom is -0.484 e. The third-order valence-corrected chi connectivity index (χ3v) is 3.07. The molecule has 8 heteroatoms. The van der Waals surface area contributed by atoms with Gasteiger partial charge in [-0.3, -0.25) is 9.78 Å². The van der Waals surface area contributed by atoms with E-state index in [9.17, 15) is 18.0 Å². The molecule has 1 aromatic carbocycles. The molecule has 0 saturated carbocycles. The van der Waals surface area contributed by atoms with Crippen molar-refractivity contribution in [3.8, 4) is 5.75 Å². The third-order valence-electron chi connectivity index (χ3n) is 3.07. The number of hydrogen-bond donors (Lipinski definition) is 1. The molecule has 2 aromatic rings. The van der Waals surface area contributed by atoms with Crippen molar-refractivity contribution in [2.75, 3.05) is 6.61 Å². The molecule has 0 saturated heterocycles. The minimum atomic E-state index is -4.38. The average Bonchev–Trinajstić information content (AvgIpc) is 2.50. The number of halogens is 3. The van der Waals surface area contributed by atoms with Gasteiger partial charge in [0.25, 0.3) is 5.91 Å². The number of aromatic nitrogens is 2. The van der Waals surface area contributed by atoms with Crippen LogP contribution in [0.15, 0.2) is 30.6 Å². The van der Waals surface area contributed by atoms with Crippen LogP contribution in [0.2, 0.25) is 0 Å². The highest BCUT2D eigenvalue weighted by Crippen LogP contribution is 2.22. The summed E-state index contributed by atoms with van der Waals surface area (Å²) in [6.45, 7) is 2.25. The number of carbonyl (C=O) groups is 1. The van der Waals surface area contributed by atoms with Crippen molar-refractivity contribution in [1.29, 1.82) is 0 Å². The Morgan fingerprint density at radius 3 is 2.62 bits per heavy atom. The summed E-state index contributed by atoms with van der Waals surface area (Å²) in [5.41, 5.74) is 2.13. The van der Waals surface area contributed by atoms with Crippen molar-refractivity contribution in [2.45, 2.75) is 26.6 Å². The quantitative estimate of drug-likeness (QED) is 0.910. The van der Waals surface area contributed by atoms with Crippen molar-refractivity contribution in [2.24, 2.45) is 0 Å². The normalized spacial score (nSPS) is 11.2. The third kappa shape index (κ3) is 5.22. The van der Waals surface area contributed by atoms with Gasteiger partial charge in [-0.05, 0) is 31.0 Å². The number of amides is 1. The molecule has 0 aliphatic carbocycles. The van der Waals surface area contributed by atoms with E-state index in [0.717, 1.165) is 5.56 Å². The Bertz CT molecular complexity index is 733. The monoisotopic (exact) mass is 339 g/mol. The average molecular weight is 339 g/mol. The smallest absolute Gasteiger partial charge is 0.422 e. The first-order valence-electron chi connectivity index (χ1n) is 7.10. The second-order valence-electron chi connectivity index (χ2n) is 5.23. The lowest BCUT2D eigenvalue weighted by atomic mass is 10.1. The number of ether oxygens (including phenoxy) is 1. The molecule has 0 radical (unpaired) electrons. The van der Waals surface area contributed by atoms with Crippen LogP contribution in [0.25, 0.3) is 0 Å². The summed E-state index contributed by atoms with van der Waals surface area (Å²) < 4.78 is 41.2. The number of nitrogens with zero attached hydrogens (tertiary/aromatic N) is 2. The fraction of sp³-hybridized carbons (Fsp3) is 0.312. The van der Waals surface area contributed by atoms with Crippen molar-refractivity contribution >= 4 is 5.91 Å². The van der Waals surface area contributed by atoms with Crippen LogP contribution in [0.4, 0.5) is 13.2 Å². The predicted octanol–water partition coefficient (Wildman–Crippen LogP) is 2.96. The van der Waals surface area contributed by atoms with E-state index in [1.807, 2.05) is 0 Å². The van der Waals surface area contributed by atoms with Gasteiger partial charge in [-0.1, -0.05) is 12.1 Å². The van der Waals surface area contributed by atoms with E-state index in [0.29, 0.717) is 11.3 Å². The van der Waals surface area contributed by atoms with Gasteiger partial charge in [0.1, 0.15) is 11.4 Å². The molecule has 1 amide bonds. The molecular weight excluding hydrogens is 323 g/mol. The van der Waals surface area contributed by atoms with Crippen LogP contribution in [0.3, 0.4) is 0 Å². The van der Waals surface area contributed by atoms with E-state index in [4.69, 9.17) is 4.74 Å². The minimum absolute atomic E-state index is 0.159. The molecule has 0 spiro atoms. The fourth-order valence-corrected chi connectivity index (χ4v) is 1.99. The molecule has 0 bridgehead atoms. The molecule has 128 valence electrons. The number of aryl methyl sites for hydroxylation is 2. The second-order valence-corrected chi connectivity index (χ2v) is 5.23. The first kappa shape index (κ1) is 17.7. The van der Waals surface area contributed by atoms with E-state index >= 15 is 0 Å². The molecule has 1 N–H and O–H groups in total. The summed E-state index contributed by atoms with van der Waals surface area (Å²) in [4.78, 5) is 19.9. The molecule has 2 rings (SSSR count). The Kier molecular flexibility index (Phi) is 5.38. The molecule has 24 heavy (non-hydrogen) atoms. The maximum absolute atomic E-state index is 12.2. The van der Waals surface area contributed by atoms with Crippen molar-refractivity contribution < 1.29 is 22.7 Å². The van der Waals surface area contributed by atoms with Gasteiger partial charge in [-0.25, -0.2) is 4.98 Å². The van der Waals surface area contributed by atoms with Crippen LogP contribution < -0.4 is 10.1 Å². The van der Waals surface area contributed by atoms with Gasteiger partial charge in [-0.2, -0.15) is 13.2 Å². The lowest BCUT2D eigenvalue weighted by molar-refractivity contribution is -0.153. The van der Waals surface area contributed by atoms with Crippen LogP contribution >= 0.6 is 0 Å². The molecule has 0 fully saturated rings. The molecular formula is C16H16F3N3O2. The number of hydrogen-bond acceptors (Lipinski definition) is 4. The highest BCUT2D eigenvalue weighted by atomic mass is 19.4. The van der Waals surface area contributed by atoms with Crippen LogP contribution in [-0.2, 0) is 6.54 Å². The van der Waals surface area contributed by atoms with Gasteiger partial charge in [0.05, 0.1) is 11.9 Å². The first-order chi connectivity index (χ1) is 11.2. The van der Waals surface area contributed by atoms with E-state index in [1.165, 1.54) is 12.3 Å². The zero-order valence-corrected chi connectivity index (χ0v) is 13.1. The SMILES string of the molecule is Cc1cncc(C(=O)NCc2ccc(OCC(F)(F)F)c(C)c2)n1. The molecule has 1 aromatic heterocycles. The largest absolute Gasteiger partial charge is 0.484 e. The number of alkyl halides is 3. The molecule has 0 unspecified atom stereocenters. The summed E-state index contributed by atoms with van der Waals surface area (Å²) in [6.07, 6.45) is -1.48. The maximum Gasteiger partial charge on any atom is 0.422 e. The highest BCUT2D eigenvalue weighted by molar-refractivity contribution is 5.91. The van der Waals surface area contributed by atoms with E-state index in [-0.39, 0.29) is 23.9 Å². The van der Waals surface area contributed by atoms with Crippen LogP contribution in [0, 0.1) is 13.8 Å². The second kappa shape index (κ2) is 7.29. The van der Waals surface area contributed by atoms with Gasteiger partial charge >= 0.3 is 6.18 Å². The van der Waals surface area contributed by atoms with E-state index < -0.39 is 12.8 Å². The Morgan fingerprint density at radius 2 is 2.00 bits per heavy atom. The molecule has 0 aliphatic heterocycles. The van der Waals surface area contributed by atoms with Gasteiger partial charge in [0.15, 0.2) is 6.61 Å². The fourth-order valence-electron chi connectivity index (χ4n) is 1.99. The topological polar surface area (TPSA) is 64.1 Å². The Hall–Kier alpha value is -2.64. The maximum atomic E-state index is 12.2. The lowest BCUT2D eigenvalue weighted by Crippen LogP contribution is -2.24. The molecule has 5 nitrogen and oxygen atoms in total. The lowest BCUT2D eigenvalue weighted by Gasteiger charge is -2.12. The number of nitrogens with one attached hydrogen (secondary N) is 1. The molecule has 0 atom stereocenters. The zero-order chi connectivity index (χ0) is 17.7. The Labute approximate surface area is 136 Å². The molecule has 0 aliphatic rings. The number of benzene rings is 1. The summed E-state index contributed by atoms with van der Waals surface area (Å²) in [5.74, 6) is -0.215. The van der Waals surface area contributed by atoms with Crippen LogP contribution in [0.5, 0.6) is 5.75 Å². The Balaban J connectivity index is 1.96. The van der Waals surface area contributed by atoms with Crippen molar-refractivity contribution in [3.05, 3.63) is 53.1 Å². The van der Waals surface area contributed by atoms with Crippen molar-refractivity contribution in [1.82, 2.24) is 15.3 Å². The summed E-state index contributed by atoms with van der Waals surface area (Å²) >= 11 is 0. The van der Waals surface area contributed by atoms with Gasteiger partial charge in [0.2, 0.25) is 0 Å². The van der Waals surface area contributed by atoms with E-state index in [1.54, 1.807) is 32.2 Å². The standard InChI is InChI=1S/C16H16F3N3O2/c1-10-5-12(3-4-14(10)24-9-16(17,18)19)7-21-15(23)13-8-20-6-11(2)22-13/h3-6,8H,7,9H2,1-2H3,(H,21,23). The first-order valence-corrected chi connectivity index (χ1v) is 7.10. The predicted molar refractivity (Wildman–Crippen MR) is 80.7 cm³/mol. The summed E-state index contributed by atoms with van der Waals surface area (Å²) in [7, 11) is 0. The van der Waals surface area contributed by atoms with Crippen molar-refractivity contribution in [3.63, 3.8) is 0 Å². The van der Waals surface area contributed by atoms with Gasteiger partial charge in [-0.15, -0.1) is 0 Å². The molecule has 1 heterocycles.